The number of aliphatic hydroxyl groups excluding tert-OH is 5. The van der Waals surface area contributed by atoms with E-state index in [0.29, 0.717) is 19.3 Å². The number of ether oxygens (including phenoxy) is 3. The summed E-state index contributed by atoms with van der Waals surface area (Å²) in [5.74, 6) is -1.20. The average molecular weight is 1100 g/mol. The van der Waals surface area contributed by atoms with Gasteiger partial charge in [0, 0.05) is 6.42 Å². The average Bonchev–Trinajstić information content (AvgIpc) is 3.44. The van der Waals surface area contributed by atoms with Crippen molar-refractivity contribution in [3.8, 4) is 0 Å². The Morgan fingerprint density at radius 1 is 0.500 bits per heavy atom. The maximum absolute atomic E-state index is 13.4. The molecule has 78 heavy (non-hydrogen) atoms. The second-order valence-electron chi connectivity index (χ2n) is 22.5. The first-order valence-electron chi connectivity index (χ1n) is 32.6. The fourth-order valence-corrected chi connectivity index (χ4v) is 9.99. The molecule has 0 aliphatic carbocycles. The van der Waals surface area contributed by atoms with Crippen molar-refractivity contribution in [2.45, 2.75) is 339 Å². The number of hydrogen-bond acceptors (Lipinski definition) is 10. The SMILES string of the molecule is CCCCC/C=C\C/C=C\C/C=C\C/C=C\CCCCCCCCCC(=O)OC1C(OCC(NC(=O)C(O)CCCCCCCCCCCCCCC)C(O)/C=C/CCCCCCCCCCCCC)OC(CO)C(O)C1O. The monoisotopic (exact) mass is 1100 g/mol. The Labute approximate surface area is 478 Å². The first-order valence-corrected chi connectivity index (χ1v) is 32.6. The van der Waals surface area contributed by atoms with Crippen LogP contribution in [0.25, 0.3) is 0 Å². The first kappa shape index (κ1) is 73.4. The molecule has 0 radical (unpaired) electrons. The van der Waals surface area contributed by atoms with Gasteiger partial charge in [0.2, 0.25) is 5.91 Å². The predicted octanol–water partition coefficient (Wildman–Crippen LogP) is 15.8. The highest BCUT2D eigenvalue weighted by Crippen LogP contribution is 2.26. The maximum Gasteiger partial charge on any atom is 0.306 e. The lowest BCUT2D eigenvalue weighted by Gasteiger charge is -2.41. The Kier molecular flexibility index (Phi) is 51.7. The summed E-state index contributed by atoms with van der Waals surface area (Å²) in [5, 5.41) is 57.0. The van der Waals surface area contributed by atoms with Crippen LogP contribution in [0.2, 0.25) is 0 Å². The lowest BCUT2D eigenvalue weighted by Crippen LogP contribution is -2.61. The predicted molar refractivity (Wildman–Crippen MR) is 324 cm³/mol. The fraction of sp³-hybridized carbons (Fsp3) is 0.821. The number of hydrogen-bond donors (Lipinski definition) is 6. The van der Waals surface area contributed by atoms with Gasteiger partial charge < -0.3 is 45.1 Å². The number of aliphatic hydroxyl groups is 5. The lowest BCUT2D eigenvalue weighted by atomic mass is 9.99. The lowest BCUT2D eigenvalue weighted by molar-refractivity contribution is -0.305. The van der Waals surface area contributed by atoms with Crippen LogP contribution < -0.4 is 5.32 Å². The van der Waals surface area contributed by atoms with E-state index in [9.17, 15) is 35.1 Å². The third-order valence-corrected chi connectivity index (χ3v) is 15.2. The van der Waals surface area contributed by atoms with Gasteiger partial charge in [-0.2, -0.15) is 0 Å². The van der Waals surface area contributed by atoms with Crippen LogP contribution in [0.3, 0.4) is 0 Å². The molecule has 0 aromatic carbocycles. The molecule has 1 aliphatic heterocycles. The highest BCUT2D eigenvalue weighted by atomic mass is 16.7. The highest BCUT2D eigenvalue weighted by Gasteiger charge is 2.47. The minimum Gasteiger partial charge on any atom is -0.454 e. The molecule has 1 aliphatic rings. The van der Waals surface area contributed by atoms with Gasteiger partial charge in [0.25, 0.3) is 0 Å². The maximum atomic E-state index is 13.4. The normalized spacial score (nSPS) is 19.3. The molecule has 1 heterocycles. The number of allylic oxidation sites excluding steroid dienone is 9. The number of rotatable bonds is 55. The molecule has 0 bridgehead atoms. The van der Waals surface area contributed by atoms with E-state index in [0.717, 1.165) is 103 Å². The largest absolute Gasteiger partial charge is 0.454 e. The number of carbonyl (C=O) groups excluding carboxylic acids is 2. The van der Waals surface area contributed by atoms with Gasteiger partial charge in [-0.3, -0.25) is 9.59 Å². The molecule has 0 spiro atoms. The van der Waals surface area contributed by atoms with Gasteiger partial charge in [0.05, 0.1) is 25.4 Å². The zero-order valence-electron chi connectivity index (χ0n) is 50.3. The molecule has 454 valence electrons. The van der Waals surface area contributed by atoms with E-state index in [-0.39, 0.29) is 13.0 Å². The summed E-state index contributed by atoms with van der Waals surface area (Å²) in [5.41, 5.74) is 0. The molecule has 6 N–H and O–H groups in total. The molecule has 1 fully saturated rings. The van der Waals surface area contributed by atoms with E-state index in [1.807, 2.05) is 6.08 Å². The van der Waals surface area contributed by atoms with Gasteiger partial charge in [-0.15, -0.1) is 0 Å². The standard InChI is InChI=1S/C67H121NO10/c1-4-7-10-13-16-19-22-25-26-27-28-29-30-31-32-33-34-37-40-43-46-49-52-55-62(72)78-65-64(74)63(73)61(56-69)77-67(65)76-57-58(59(70)53-50-47-44-41-38-35-23-20-17-14-11-8-5-2)68-66(75)60(71)54-51-48-45-42-39-36-24-21-18-15-12-9-6-3/h16,19,25-26,28-29,31-32,50,53,58-61,63-65,67,69-71,73-74H,4-15,17-18,20-24,27,30,33-49,51-52,54-57H2,1-3H3,(H,68,75)/b19-16-,26-25-,29-28-,32-31-,53-50+. The van der Waals surface area contributed by atoms with Crippen molar-refractivity contribution in [3.63, 3.8) is 0 Å². The zero-order chi connectivity index (χ0) is 56.8. The van der Waals surface area contributed by atoms with Crippen LogP contribution >= 0.6 is 0 Å². The summed E-state index contributed by atoms with van der Waals surface area (Å²) in [6, 6.07) is -1.02. The number of esters is 1. The molecular formula is C67H121NO10. The molecule has 8 unspecified atom stereocenters. The van der Waals surface area contributed by atoms with Crippen molar-refractivity contribution in [3.05, 3.63) is 60.8 Å². The van der Waals surface area contributed by atoms with Crippen LogP contribution in [-0.4, -0.2) is 99.6 Å². The van der Waals surface area contributed by atoms with Crippen molar-refractivity contribution in [2.75, 3.05) is 13.2 Å². The van der Waals surface area contributed by atoms with Crippen LogP contribution in [-0.2, 0) is 23.8 Å². The van der Waals surface area contributed by atoms with Gasteiger partial charge in [-0.25, -0.2) is 0 Å². The van der Waals surface area contributed by atoms with Crippen molar-refractivity contribution < 1.29 is 49.3 Å². The molecule has 11 nitrogen and oxygen atoms in total. The highest BCUT2D eigenvalue weighted by molar-refractivity contribution is 5.80. The molecule has 1 saturated heterocycles. The second-order valence-corrected chi connectivity index (χ2v) is 22.5. The molecular weight excluding hydrogens is 979 g/mol. The topological polar surface area (TPSA) is 175 Å². The number of amides is 1. The Hall–Kier alpha value is -2.64. The molecule has 0 saturated carbocycles. The molecule has 0 aromatic rings. The van der Waals surface area contributed by atoms with Crippen molar-refractivity contribution in [1.29, 1.82) is 0 Å². The first-order chi connectivity index (χ1) is 38.2. The van der Waals surface area contributed by atoms with Crippen molar-refractivity contribution >= 4 is 11.9 Å². The van der Waals surface area contributed by atoms with E-state index >= 15 is 0 Å². The summed E-state index contributed by atoms with van der Waals surface area (Å²) in [6.45, 7) is 5.77. The van der Waals surface area contributed by atoms with Crippen LogP contribution in [0.5, 0.6) is 0 Å². The van der Waals surface area contributed by atoms with Gasteiger partial charge in [0.1, 0.15) is 24.4 Å². The second kappa shape index (κ2) is 54.9. The number of nitrogens with one attached hydrogen (secondary N) is 1. The van der Waals surface area contributed by atoms with Crippen LogP contribution in [0.15, 0.2) is 60.8 Å². The van der Waals surface area contributed by atoms with E-state index in [2.05, 4.69) is 74.7 Å². The summed E-state index contributed by atoms with van der Waals surface area (Å²) in [7, 11) is 0. The van der Waals surface area contributed by atoms with E-state index in [1.165, 1.54) is 141 Å². The summed E-state index contributed by atoms with van der Waals surface area (Å²) in [4.78, 5) is 26.6. The Morgan fingerprint density at radius 3 is 1.35 bits per heavy atom. The third kappa shape index (κ3) is 42.2. The van der Waals surface area contributed by atoms with Crippen LogP contribution in [0, 0.1) is 0 Å². The summed E-state index contributed by atoms with van der Waals surface area (Å²) in [6.07, 6.45) is 58.2. The molecule has 8 atom stereocenters. The van der Waals surface area contributed by atoms with Gasteiger partial charge in [-0.05, 0) is 70.6 Å². The van der Waals surface area contributed by atoms with Crippen LogP contribution in [0.1, 0.15) is 290 Å². The van der Waals surface area contributed by atoms with Crippen LogP contribution in [0.4, 0.5) is 0 Å². The molecule has 11 heteroatoms. The minimum atomic E-state index is -1.62. The quantitative estimate of drug-likeness (QED) is 0.0195. The zero-order valence-corrected chi connectivity index (χ0v) is 50.3. The Balaban J connectivity index is 2.64. The Bertz CT molecular complexity index is 1500. The van der Waals surface area contributed by atoms with E-state index in [4.69, 9.17) is 14.2 Å². The van der Waals surface area contributed by atoms with E-state index in [1.54, 1.807) is 6.08 Å². The third-order valence-electron chi connectivity index (χ3n) is 15.2. The smallest absolute Gasteiger partial charge is 0.306 e. The summed E-state index contributed by atoms with van der Waals surface area (Å²) >= 11 is 0. The molecule has 1 rings (SSSR count). The molecule has 0 aromatic heterocycles. The number of unbranched alkanes of at least 4 members (excludes halogenated alkanes) is 33. The van der Waals surface area contributed by atoms with Crippen molar-refractivity contribution in [1.82, 2.24) is 5.32 Å². The van der Waals surface area contributed by atoms with Gasteiger partial charge >= 0.3 is 5.97 Å². The minimum absolute atomic E-state index is 0.111. The van der Waals surface area contributed by atoms with Gasteiger partial charge in [0.15, 0.2) is 12.4 Å². The Morgan fingerprint density at radius 2 is 0.885 bits per heavy atom. The van der Waals surface area contributed by atoms with Gasteiger partial charge in [-0.1, -0.05) is 274 Å². The van der Waals surface area contributed by atoms with E-state index < -0.39 is 67.4 Å². The number of carbonyl (C=O) groups is 2. The fourth-order valence-electron chi connectivity index (χ4n) is 9.99. The molecule has 1 amide bonds. The summed E-state index contributed by atoms with van der Waals surface area (Å²) < 4.78 is 17.6. The van der Waals surface area contributed by atoms with Crippen molar-refractivity contribution in [2.24, 2.45) is 0 Å².